The Labute approximate surface area is 187 Å². The van der Waals surface area contributed by atoms with Crippen LogP contribution in [0.1, 0.15) is 27.0 Å². The third kappa shape index (κ3) is 4.09. The first-order valence-corrected chi connectivity index (χ1v) is 11.5. The quantitative estimate of drug-likeness (QED) is 0.535. The van der Waals surface area contributed by atoms with Crippen molar-refractivity contribution in [2.45, 2.75) is 20.4 Å². The fourth-order valence-electron chi connectivity index (χ4n) is 3.43. The van der Waals surface area contributed by atoms with E-state index in [-0.39, 0.29) is 11.4 Å². The molecule has 0 aromatic heterocycles. The molecule has 1 heterocycles. The summed E-state index contributed by atoms with van der Waals surface area (Å²) >= 11 is 5.96. The van der Waals surface area contributed by atoms with E-state index in [2.05, 4.69) is 5.32 Å². The van der Waals surface area contributed by atoms with Crippen LogP contribution < -0.4 is 9.62 Å². The van der Waals surface area contributed by atoms with Crippen molar-refractivity contribution >= 4 is 38.8 Å². The van der Waals surface area contributed by atoms with Crippen molar-refractivity contribution in [1.29, 1.82) is 0 Å². The molecule has 0 unspecified atom stereocenters. The molecule has 0 amide bonds. The predicted molar refractivity (Wildman–Crippen MR) is 125 cm³/mol. The minimum absolute atomic E-state index is 0.0881. The molecule has 1 N–H and O–H groups in total. The van der Waals surface area contributed by atoms with Crippen molar-refractivity contribution in [2.24, 2.45) is 0 Å². The molecule has 1 aliphatic heterocycles. The lowest BCUT2D eigenvalue weighted by Crippen LogP contribution is -2.39. The topological polar surface area (TPSA) is 66.5 Å². The van der Waals surface area contributed by atoms with Gasteiger partial charge in [0.25, 0.3) is 10.0 Å². The number of aryl methyl sites for hydroxylation is 2. The number of fused-ring (bicyclic) bond motifs is 1. The SMILES string of the molecule is Cc1ccc(N/C=C2\C(=O)c3ccccc3N(Cc3ccc(Cl)cc3)S2(=O)=O)cc1C. The molecule has 7 heteroatoms. The Bertz CT molecular complexity index is 1300. The molecule has 4 rings (SSSR count). The highest BCUT2D eigenvalue weighted by Crippen LogP contribution is 2.36. The average molecular weight is 453 g/mol. The van der Waals surface area contributed by atoms with Crippen molar-refractivity contribution in [1.82, 2.24) is 0 Å². The van der Waals surface area contributed by atoms with E-state index in [1.807, 2.05) is 32.0 Å². The molecule has 31 heavy (non-hydrogen) atoms. The number of hydrogen-bond donors (Lipinski definition) is 1. The van der Waals surface area contributed by atoms with Crippen molar-refractivity contribution in [3.63, 3.8) is 0 Å². The van der Waals surface area contributed by atoms with Gasteiger partial charge in [-0.3, -0.25) is 9.10 Å². The van der Waals surface area contributed by atoms with Gasteiger partial charge in [0.1, 0.15) is 0 Å². The minimum Gasteiger partial charge on any atom is -0.360 e. The Morgan fingerprint density at radius 1 is 0.968 bits per heavy atom. The van der Waals surface area contributed by atoms with E-state index in [1.165, 1.54) is 10.5 Å². The van der Waals surface area contributed by atoms with Gasteiger partial charge in [-0.15, -0.1) is 0 Å². The van der Waals surface area contributed by atoms with Gasteiger partial charge in [0.2, 0.25) is 5.78 Å². The number of sulfonamides is 1. The number of benzene rings is 3. The summed E-state index contributed by atoms with van der Waals surface area (Å²) in [7, 11) is -4.07. The van der Waals surface area contributed by atoms with Crippen molar-refractivity contribution in [3.05, 3.63) is 105 Å². The van der Waals surface area contributed by atoms with Crippen molar-refractivity contribution in [3.8, 4) is 0 Å². The van der Waals surface area contributed by atoms with E-state index >= 15 is 0 Å². The molecule has 0 spiro atoms. The highest BCUT2D eigenvalue weighted by atomic mass is 35.5. The molecular weight excluding hydrogens is 432 g/mol. The number of anilines is 2. The van der Waals surface area contributed by atoms with Crippen molar-refractivity contribution in [2.75, 3.05) is 9.62 Å². The summed E-state index contributed by atoms with van der Waals surface area (Å²) in [6.07, 6.45) is 1.28. The maximum absolute atomic E-state index is 13.5. The van der Waals surface area contributed by atoms with Crippen LogP contribution in [-0.2, 0) is 16.6 Å². The van der Waals surface area contributed by atoms with E-state index in [9.17, 15) is 13.2 Å². The molecule has 0 fully saturated rings. The zero-order valence-corrected chi connectivity index (χ0v) is 18.7. The minimum atomic E-state index is -4.07. The van der Waals surface area contributed by atoms with E-state index in [0.717, 1.165) is 16.7 Å². The van der Waals surface area contributed by atoms with Gasteiger partial charge < -0.3 is 5.32 Å². The highest BCUT2D eigenvalue weighted by Gasteiger charge is 2.40. The number of Topliss-reactive ketones (excluding diaryl/α,β-unsaturated/α-hetero) is 1. The molecule has 0 radical (unpaired) electrons. The van der Waals surface area contributed by atoms with Gasteiger partial charge >= 0.3 is 0 Å². The molecule has 0 saturated heterocycles. The van der Waals surface area contributed by atoms with Gasteiger partial charge in [0, 0.05) is 22.5 Å². The zero-order chi connectivity index (χ0) is 22.2. The Balaban J connectivity index is 1.76. The Morgan fingerprint density at radius 2 is 1.68 bits per heavy atom. The van der Waals surface area contributed by atoms with E-state index in [1.54, 1.807) is 48.5 Å². The van der Waals surface area contributed by atoms with Crippen LogP contribution in [0.5, 0.6) is 0 Å². The normalized spacial score (nSPS) is 16.3. The third-order valence-electron chi connectivity index (χ3n) is 5.33. The Hall–Kier alpha value is -3.09. The largest absolute Gasteiger partial charge is 0.360 e. The number of carbonyl (C=O) groups excluding carboxylic acids is 1. The standard InChI is InChI=1S/C24H21ClN2O3S/c1-16-7-12-20(13-17(16)2)26-14-23-24(28)21-5-3-4-6-22(21)27(31(23,29)30)15-18-8-10-19(25)11-9-18/h3-14,26H,15H2,1-2H3/b23-14+. The van der Waals surface area contributed by atoms with Crippen LogP contribution in [0.15, 0.2) is 77.8 Å². The lowest BCUT2D eigenvalue weighted by Gasteiger charge is -2.31. The Kier molecular flexibility index (Phi) is 5.60. The third-order valence-corrected chi connectivity index (χ3v) is 7.34. The molecule has 3 aromatic carbocycles. The predicted octanol–water partition coefficient (Wildman–Crippen LogP) is 5.44. The summed E-state index contributed by atoms with van der Waals surface area (Å²) in [4.78, 5) is 12.8. The average Bonchev–Trinajstić information content (AvgIpc) is 2.75. The number of para-hydroxylation sites is 1. The number of carbonyl (C=O) groups is 1. The molecule has 3 aromatic rings. The van der Waals surface area contributed by atoms with Crippen LogP contribution in [0, 0.1) is 13.8 Å². The van der Waals surface area contributed by atoms with E-state index in [4.69, 9.17) is 11.6 Å². The Morgan fingerprint density at radius 3 is 2.39 bits per heavy atom. The van der Waals surface area contributed by atoms with Gasteiger partial charge in [0.15, 0.2) is 4.91 Å². The molecule has 1 aliphatic rings. The van der Waals surface area contributed by atoms with Gasteiger partial charge in [-0.2, -0.15) is 0 Å². The summed E-state index contributed by atoms with van der Waals surface area (Å²) in [5, 5.41) is 3.55. The monoisotopic (exact) mass is 452 g/mol. The maximum atomic E-state index is 13.5. The molecule has 0 bridgehead atoms. The second-order valence-corrected chi connectivity index (χ2v) is 9.70. The van der Waals surface area contributed by atoms with Crippen LogP contribution in [0.2, 0.25) is 5.02 Å². The molecule has 0 saturated carbocycles. The number of hydrogen-bond acceptors (Lipinski definition) is 4. The van der Waals surface area contributed by atoms with Crippen LogP contribution in [-0.4, -0.2) is 14.2 Å². The number of nitrogens with zero attached hydrogens (tertiary/aromatic N) is 1. The van der Waals surface area contributed by atoms with E-state index in [0.29, 0.717) is 22.0 Å². The summed E-state index contributed by atoms with van der Waals surface area (Å²) in [5.74, 6) is -0.528. The fourth-order valence-corrected chi connectivity index (χ4v) is 5.08. The summed E-state index contributed by atoms with van der Waals surface area (Å²) < 4.78 is 28.2. The molecule has 0 aliphatic carbocycles. The van der Waals surface area contributed by atoms with Crippen LogP contribution in [0.3, 0.4) is 0 Å². The number of ketones is 1. The number of nitrogens with one attached hydrogen (secondary N) is 1. The molecular formula is C24H21ClN2O3S. The van der Waals surface area contributed by atoms with Crippen molar-refractivity contribution < 1.29 is 13.2 Å². The second-order valence-electron chi connectivity index (χ2n) is 7.44. The zero-order valence-electron chi connectivity index (χ0n) is 17.1. The summed E-state index contributed by atoms with van der Waals surface area (Å²) in [6, 6.07) is 19.4. The summed E-state index contributed by atoms with van der Waals surface area (Å²) in [5.41, 5.74) is 4.38. The molecule has 0 atom stereocenters. The second kappa shape index (κ2) is 8.21. The van der Waals surface area contributed by atoms with Crippen LogP contribution in [0.4, 0.5) is 11.4 Å². The maximum Gasteiger partial charge on any atom is 0.270 e. The number of halogens is 1. The first kappa shape index (κ1) is 21.2. The number of rotatable bonds is 4. The van der Waals surface area contributed by atoms with Gasteiger partial charge in [-0.05, 0) is 66.9 Å². The van der Waals surface area contributed by atoms with E-state index < -0.39 is 15.8 Å². The lowest BCUT2D eigenvalue weighted by molar-refractivity contribution is 0.104. The number of allylic oxidation sites excluding steroid dienone is 1. The first-order chi connectivity index (χ1) is 14.8. The first-order valence-electron chi connectivity index (χ1n) is 9.72. The smallest absolute Gasteiger partial charge is 0.270 e. The lowest BCUT2D eigenvalue weighted by atomic mass is 10.1. The molecule has 158 valence electrons. The van der Waals surface area contributed by atoms with Crippen LogP contribution in [0.25, 0.3) is 0 Å². The van der Waals surface area contributed by atoms with Crippen LogP contribution >= 0.6 is 11.6 Å². The highest BCUT2D eigenvalue weighted by molar-refractivity contribution is 7.97. The summed E-state index contributed by atoms with van der Waals surface area (Å²) in [6.45, 7) is 4.06. The fraction of sp³-hybridized carbons (Fsp3) is 0.125. The van der Waals surface area contributed by atoms with Gasteiger partial charge in [-0.1, -0.05) is 41.9 Å². The molecule has 5 nitrogen and oxygen atoms in total. The van der Waals surface area contributed by atoms with Gasteiger partial charge in [0.05, 0.1) is 12.2 Å². The van der Waals surface area contributed by atoms with Gasteiger partial charge in [-0.25, -0.2) is 8.42 Å².